The van der Waals surface area contributed by atoms with E-state index in [0.29, 0.717) is 24.7 Å². The summed E-state index contributed by atoms with van der Waals surface area (Å²) in [6.45, 7) is 7.05. The van der Waals surface area contributed by atoms with Gasteiger partial charge in [-0.25, -0.2) is 4.98 Å². The van der Waals surface area contributed by atoms with E-state index in [-0.39, 0.29) is 17.7 Å². The van der Waals surface area contributed by atoms with Crippen LogP contribution in [0.5, 0.6) is 5.75 Å². The molecule has 2 aromatic heterocycles. The highest BCUT2D eigenvalue weighted by Gasteiger charge is 2.16. The monoisotopic (exact) mass is 503 g/mol. The van der Waals surface area contributed by atoms with Crippen LogP contribution in [0.25, 0.3) is 11.5 Å². The van der Waals surface area contributed by atoms with Crippen molar-refractivity contribution in [1.82, 2.24) is 19.7 Å². The van der Waals surface area contributed by atoms with Crippen LogP contribution in [-0.2, 0) is 25.0 Å². The molecule has 194 valence electrons. The second-order valence-electron chi connectivity index (χ2n) is 10.1. The Bertz CT molecular complexity index is 1320. The average molecular weight is 504 g/mol. The number of hydrogen-bond acceptors (Lipinski definition) is 7. The van der Waals surface area contributed by atoms with Gasteiger partial charge in [0.15, 0.2) is 6.61 Å². The molecule has 0 bridgehead atoms. The number of nitrogens with two attached hydrogens (primary N) is 1. The zero-order valence-corrected chi connectivity index (χ0v) is 21.4. The molecule has 0 aliphatic heterocycles. The number of benzene rings is 2. The van der Waals surface area contributed by atoms with Crippen molar-refractivity contribution in [2.75, 3.05) is 0 Å². The van der Waals surface area contributed by atoms with Crippen LogP contribution in [0.2, 0.25) is 0 Å². The van der Waals surface area contributed by atoms with Gasteiger partial charge in [-0.05, 0) is 54.0 Å². The number of amides is 1. The van der Waals surface area contributed by atoms with E-state index < -0.39 is 12.0 Å². The number of carbonyl (C=O) groups excluding carboxylic acids is 1. The molecular formula is C28H33N5O4. The molecule has 0 spiro atoms. The molecule has 3 N–H and O–H groups in total. The second kappa shape index (κ2) is 11.4. The Balaban J connectivity index is 1.29. The van der Waals surface area contributed by atoms with Crippen LogP contribution in [0, 0.1) is 0 Å². The van der Waals surface area contributed by atoms with Crippen LogP contribution in [0.4, 0.5) is 0 Å². The maximum atomic E-state index is 11.2. The molecule has 0 saturated carbocycles. The SMILES string of the molecule is CC(C)(C)c1ccc(-c2nc(COc3ccccc3CCC[C@H](O)Cn3cnc(C(N)=O)c3)no2)cc1. The number of primary amides is 1. The number of para-hydroxylation sites is 1. The molecular weight excluding hydrogens is 470 g/mol. The Hall–Kier alpha value is -3.98. The van der Waals surface area contributed by atoms with E-state index in [1.165, 1.54) is 11.9 Å². The van der Waals surface area contributed by atoms with Crippen molar-refractivity contribution in [2.24, 2.45) is 5.73 Å². The van der Waals surface area contributed by atoms with E-state index in [1.54, 1.807) is 10.8 Å². The summed E-state index contributed by atoms with van der Waals surface area (Å²) in [6, 6.07) is 15.9. The number of aliphatic hydroxyl groups is 1. The van der Waals surface area contributed by atoms with Gasteiger partial charge < -0.3 is 24.7 Å². The van der Waals surface area contributed by atoms with Gasteiger partial charge in [0.1, 0.15) is 11.4 Å². The molecule has 37 heavy (non-hydrogen) atoms. The molecule has 9 heteroatoms. The fourth-order valence-electron chi connectivity index (χ4n) is 3.99. The first-order chi connectivity index (χ1) is 17.7. The van der Waals surface area contributed by atoms with Crippen molar-refractivity contribution in [3.05, 3.63) is 83.7 Å². The summed E-state index contributed by atoms with van der Waals surface area (Å²) in [6.07, 6.45) is 4.55. The van der Waals surface area contributed by atoms with Gasteiger partial charge in [-0.1, -0.05) is 56.3 Å². The molecule has 0 aliphatic carbocycles. The lowest BCUT2D eigenvalue weighted by Gasteiger charge is -2.18. The highest BCUT2D eigenvalue weighted by Crippen LogP contribution is 2.26. The predicted molar refractivity (Wildman–Crippen MR) is 139 cm³/mol. The van der Waals surface area contributed by atoms with E-state index in [1.807, 2.05) is 36.4 Å². The zero-order chi connectivity index (χ0) is 26.4. The highest BCUT2D eigenvalue weighted by atomic mass is 16.5. The Morgan fingerprint density at radius 1 is 1.16 bits per heavy atom. The van der Waals surface area contributed by atoms with Crippen molar-refractivity contribution in [3.63, 3.8) is 0 Å². The van der Waals surface area contributed by atoms with Gasteiger partial charge in [0, 0.05) is 18.3 Å². The molecule has 2 aromatic carbocycles. The number of nitrogens with zero attached hydrogens (tertiary/aromatic N) is 4. The Morgan fingerprint density at radius 3 is 2.62 bits per heavy atom. The summed E-state index contributed by atoms with van der Waals surface area (Å²) < 4.78 is 13.1. The number of hydrogen-bond donors (Lipinski definition) is 2. The van der Waals surface area contributed by atoms with Crippen LogP contribution < -0.4 is 10.5 Å². The van der Waals surface area contributed by atoms with Crippen molar-refractivity contribution in [3.8, 4) is 17.2 Å². The lowest BCUT2D eigenvalue weighted by molar-refractivity contribution is 0.0995. The van der Waals surface area contributed by atoms with Crippen LogP contribution in [0.15, 0.2) is 65.6 Å². The molecule has 4 rings (SSSR count). The van der Waals surface area contributed by atoms with E-state index >= 15 is 0 Å². The average Bonchev–Trinajstić information content (AvgIpc) is 3.53. The van der Waals surface area contributed by atoms with Crippen molar-refractivity contribution < 1.29 is 19.2 Å². The third-order valence-corrected chi connectivity index (χ3v) is 6.09. The maximum absolute atomic E-state index is 11.2. The topological polar surface area (TPSA) is 129 Å². The van der Waals surface area contributed by atoms with E-state index in [0.717, 1.165) is 29.7 Å². The lowest BCUT2D eigenvalue weighted by atomic mass is 9.87. The fourth-order valence-corrected chi connectivity index (χ4v) is 3.99. The fraction of sp³-hybridized carbons (Fsp3) is 0.357. The summed E-state index contributed by atoms with van der Waals surface area (Å²) in [5.74, 6) is 1.09. The molecule has 0 fully saturated rings. The van der Waals surface area contributed by atoms with Crippen molar-refractivity contribution >= 4 is 5.91 Å². The first-order valence-corrected chi connectivity index (χ1v) is 12.3. The van der Waals surface area contributed by atoms with Crippen LogP contribution in [0.3, 0.4) is 0 Å². The molecule has 2 heterocycles. The Morgan fingerprint density at radius 2 is 1.92 bits per heavy atom. The minimum absolute atomic E-state index is 0.0775. The summed E-state index contributed by atoms with van der Waals surface area (Å²) in [7, 11) is 0. The molecule has 0 unspecified atom stereocenters. The van der Waals surface area contributed by atoms with Gasteiger partial charge in [0.05, 0.1) is 12.4 Å². The second-order valence-corrected chi connectivity index (χ2v) is 10.1. The summed E-state index contributed by atoms with van der Waals surface area (Å²) in [5, 5.41) is 14.4. The highest BCUT2D eigenvalue weighted by molar-refractivity contribution is 5.90. The number of carbonyl (C=O) groups is 1. The van der Waals surface area contributed by atoms with Crippen LogP contribution in [-0.4, -0.2) is 36.8 Å². The number of aliphatic hydroxyl groups excluding tert-OH is 1. The molecule has 0 saturated heterocycles. The summed E-state index contributed by atoms with van der Waals surface area (Å²) in [5.41, 5.74) is 8.63. The van der Waals surface area contributed by atoms with Crippen LogP contribution >= 0.6 is 0 Å². The van der Waals surface area contributed by atoms with Gasteiger partial charge in [-0.15, -0.1) is 0 Å². The molecule has 4 aromatic rings. The summed E-state index contributed by atoms with van der Waals surface area (Å²) >= 11 is 0. The van der Waals surface area contributed by atoms with Crippen molar-refractivity contribution in [1.29, 1.82) is 0 Å². The van der Waals surface area contributed by atoms with Gasteiger partial charge in [-0.3, -0.25) is 4.79 Å². The molecule has 1 atom stereocenters. The minimum atomic E-state index is -0.586. The largest absolute Gasteiger partial charge is 0.485 e. The standard InChI is InChI=1S/C28H33N5O4/c1-28(2,3)21-13-11-20(12-14-21)27-31-25(32-37-27)17-36-24-10-5-4-7-19(24)8-6-9-22(34)15-33-16-23(26(29)35)30-18-33/h4-5,7,10-14,16,18,22,34H,6,8-9,15,17H2,1-3H3,(H2,29,35)/t22-/m0/s1. The van der Waals surface area contributed by atoms with Gasteiger partial charge >= 0.3 is 0 Å². The quantitative estimate of drug-likeness (QED) is 0.312. The third kappa shape index (κ3) is 7.04. The van der Waals surface area contributed by atoms with Crippen LogP contribution in [0.1, 0.15) is 61.1 Å². The number of rotatable bonds is 11. The smallest absolute Gasteiger partial charge is 0.268 e. The molecule has 0 aliphatic rings. The minimum Gasteiger partial charge on any atom is -0.485 e. The van der Waals surface area contributed by atoms with E-state index in [4.69, 9.17) is 15.0 Å². The van der Waals surface area contributed by atoms with E-state index in [9.17, 15) is 9.90 Å². The van der Waals surface area contributed by atoms with Gasteiger partial charge in [0.25, 0.3) is 11.8 Å². The Kier molecular flexibility index (Phi) is 8.03. The lowest BCUT2D eigenvalue weighted by Crippen LogP contribution is -2.15. The number of aryl methyl sites for hydroxylation is 1. The first kappa shape index (κ1) is 26.1. The first-order valence-electron chi connectivity index (χ1n) is 12.3. The normalized spacial score (nSPS) is 12.4. The Labute approximate surface area is 216 Å². The van der Waals surface area contributed by atoms with E-state index in [2.05, 4.69) is 48.0 Å². The zero-order valence-electron chi connectivity index (χ0n) is 21.4. The number of aromatic nitrogens is 4. The van der Waals surface area contributed by atoms with Crippen molar-refractivity contribution in [2.45, 2.75) is 64.7 Å². The third-order valence-electron chi connectivity index (χ3n) is 6.09. The molecule has 9 nitrogen and oxygen atoms in total. The molecule has 0 radical (unpaired) electrons. The molecule has 1 amide bonds. The number of imidazole rings is 1. The number of ether oxygens (including phenoxy) is 1. The van der Waals surface area contributed by atoms with Gasteiger partial charge in [-0.2, -0.15) is 4.98 Å². The maximum Gasteiger partial charge on any atom is 0.268 e. The summed E-state index contributed by atoms with van der Waals surface area (Å²) in [4.78, 5) is 19.6. The van der Waals surface area contributed by atoms with Gasteiger partial charge in [0.2, 0.25) is 5.82 Å². The predicted octanol–water partition coefficient (Wildman–Crippen LogP) is 4.29.